The van der Waals surface area contributed by atoms with E-state index < -0.39 is 0 Å². The molecule has 0 aliphatic carbocycles. The van der Waals surface area contributed by atoms with Crippen LogP contribution in [0.4, 0.5) is 5.69 Å². The molecule has 2 N–H and O–H groups in total. The Morgan fingerprint density at radius 2 is 2.18 bits per heavy atom. The van der Waals surface area contributed by atoms with E-state index in [1.54, 1.807) is 6.20 Å². The molecule has 0 spiro atoms. The molecule has 17 heavy (non-hydrogen) atoms. The predicted molar refractivity (Wildman–Crippen MR) is 67.6 cm³/mol. The minimum atomic E-state index is 0.0470. The Labute approximate surface area is 101 Å². The van der Waals surface area contributed by atoms with Crippen LogP contribution in [0.1, 0.15) is 18.3 Å². The molecule has 2 aromatic rings. The number of aromatic nitrogens is 2. The molecule has 0 saturated carbocycles. The van der Waals surface area contributed by atoms with Crippen LogP contribution in [-0.2, 0) is 19.7 Å². The van der Waals surface area contributed by atoms with E-state index in [1.807, 2.05) is 30.5 Å². The number of aliphatic hydroxyl groups excluding tert-OH is 1. The number of aliphatic hydroxyl groups is 1. The standard InChI is InChI=1S/C13H17N3O/c1-2-16-8-7-14-13(16)9-15-12-6-4-3-5-11(12)10-17/h3-8,15,17H,2,9-10H2,1H3. The van der Waals surface area contributed by atoms with E-state index in [2.05, 4.69) is 21.8 Å². The largest absolute Gasteiger partial charge is 0.392 e. The molecule has 0 fully saturated rings. The maximum Gasteiger partial charge on any atom is 0.128 e. The summed E-state index contributed by atoms with van der Waals surface area (Å²) in [6.07, 6.45) is 3.77. The molecule has 0 saturated heterocycles. The van der Waals surface area contributed by atoms with Crippen molar-refractivity contribution in [1.29, 1.82) is 0 Å². The van der Waals surface area contributed by atoms with Crippen LogP contribution in [0.2, 0.25) is 0 Å². The summed E-state index contributed by atoms with van der Waals surface area (Å²) in [6.45, 7) is 3.72. The lowest BCUT2D eigenvalue weighted by atomic mass is 10.2. The fourth-order valence-corrected chi connectivity index (χ4v) is 1.80. The Kier molecular flexibility index (Phi) is 3.77. The number of hydrogen-bond acceptors (Lipinski definition) is 3. The second-order valence-corrected chi connectivity index (χ2v) is 3.80. The van der Waals surface area contributed by atoms with Gasteiger partial charge in [0.15, 0.2) is 0 Å². The summed E-state index contributed by atoms with van der Waals surface area (Å²) in [5.41, 5.74) is 1.86. The number of hydrogen-bond donors (Lipinski definition) is 2. The molecule has 1 aromatic carbocycles. The zero-order chi connectivity index (χ0) is 12.1. The van der Waals surface area contributed by atoms with E-state index in [4.69, 9.17) is 0 Å². The van der Waals surface area contributed by atoms with Crippen LogP contribution in [0.3, 0.4) is 0 Å². The van der Waals surface area contributed by atoms with Crippen molar-refractivity contribution in [3.63, 3.8) is 0 Å². The number of rotatable bonds is 5. The molecule has 0 aliphatic heterocycles. The fraction of sp³-hybridized carbons (Fsp3) is 0.308. The lowest BCUT2D eigenvalue weighted by Gasteiger charge is -2.11. The van der Waals surface area contributed by atoms with Gasteiger partial charge in [0.2, 0.25) is 0 Å². The van der Waals surface area contributed by atoms with Crippen molar-refractivity contribution in [2.45, 2.75) is 26.6 Å². The molecule has 0 unspecified atom stereocenters. The van der Waals surface area contributed by atoms with E-state index in [1.165, 1.54) is 0 Å². The highest BCUT2D eigenvalue weighted by atomic mass is 16.3. The van der Waals surface area contributed by atoms with Crippen molar-refractivity contribution in [3.05, 3.63) is 48.0 Å². The van der Waals surface area contributed by atoms with E-state index >= 15 is 0 Å². The molecule has 1 aromatic heterocycles. The minimum Gasteiger partial charge on any atom is -0.392 e. The fourth-order valence-electron chi connectivity index (χ4n) is 1.80. The maximum absolute atomic E-state index is 9.22. The van der Waals surface area contributed by atoms with Gasteiger partial charge in [-0.3, -0.25) is 0 Å². The summed E-state index contributed by atoms with van der Waals surface area (Å²) in [4.78, 5) is 4.30. The summed E-state index contributed by atoms with van der Waals surface area (Å²) in [5.74, 6) is 1.00. The van der Waals surface area contributed by atoms with Gasteiger partial charge in [-0.05, 0) is 13.0 Å². The molecule has 4 heteroatoms. The molecule has 0 bridgehead atoms. The quantitative estimate of drug-likeness (QED) is 0.827. The number of nitrogens with one attached hydrogen (secondary N) is 1. The first kappa shape index (κ1) is 11.7. The molecule has 90 valence electrons. The van der Waals surface area contributed by atoms with Gasteiger partial charge in [-0.25, -0.2) is 4.98 Å². The van der Waals surface area contributed by atoms with Crippen LogP contribution in [0, 0.1) is 0 Å². The monoisotopic (exact) mass is 231 g/mol. The highest BCUT2D eigenvalue weighted by molar-refractivity contribution is 5.50. The Bertz CT molecular complexity index is 479. The van der Waals surface area contributed by atoms with Crippen molar-refractivity contribution in [1.82, 2.24) is 9.55 Å². The summed E-state index contributed by atoms with van der Waals surface area (Å²) in [6, 6.07) is 7.75. The topological polar surface area (TPSA) is 50.1 Å². The second-order valence-electron chi connectivity index (χ2n) is 3.80. The number of anilines is 1. The second kappa shape index (κ2) is 5.50. The third kappa shape index (κ3) is 2.65. The van der Waals surface area contributed by atoms with E-state index in [0.717, 1.165) is 23.6 Å². The zero-order valence-corrected chi connectivity index (χ0v) is 9.93. The zero-order valence-electron chi connectivity index (χ0n) is 9.93. The van der Waals surface area contributed by atoms with E-state index in [-0.39, 0.29) is 6.61 Å². The van der Waals surface area contributed by atoms with Crippen molar-refractivity contribution in [2.75, 3.05) is 5.32 Å². The SMILES string of the molecule is CCn1ccnc1CNc1ccccc1CO. The van der Waals surface area contributed by atoms with Crippen molar-refractivity contribution in [3.8, 4) is 0 Å². The highest BCUT2D eigenvalue weighted by Crippen LogP contribution is 2.15. The van der Waals surface area contributed by atoms with Crippen LogP contribution in [0.5, 0.6) is 0 Å². The average Bonchev–Trinajstić information content (AvgIpc) is 2.84. The van der Waals surface area contributed by atoms with Gasteiger partial charge < -0.3 is 15.0 Å². The molecule has 0 amide bonds. The molecular weight excluding hydrogens is 214 g/mol. The van der Waals surface area contributed by atoms with Crippen LogP contribution in [-0.4, -0.2) is 14.7 Å². The first-order valence-electron chi connectivity index (χ1n) is 5.77. The summed E-state index contributed by atoms with van der Waals surface area (Å²) in [7, 11) is 0. The molecule has 4 nitrogen and oxygen atoms in total. The van der Waals surface area contributed by atoms with E-state index in [9.17, 15) is 5.11 Å². The van der Waals surface area contributed by atoms with Gasteiger partial charge in [-0.15, -0.1) is 0 Å². The van der Waals surface area contributed by atoms with Crippen molar-refractivity contribution in [2.24, 2.45) is 0 Å². The highest BCUT2D eigenvalue weighted by Gasteiger charge is 2.03. The number of nitrogens with zero attached hydrogens (tertiary/aromatic N) is 2. The van der Waals surface area contributed by atoms with Gasteiger partial charge in [0.05, 0.1) is 13.2 Å². The third-order valence-electron chi connectivity index (χ3n) is 2.77. The molecule has 1 heterocycles. The molecule has 0 atom stereocenters. The average molecular weight is 231 g/mol. The Morgan fingerprint density at radius 1 is 1.35 bits per heavy atom. The Morgan fingerprint density at radius 3 is 2.94 bits per heavy atom. The van der Waals surface area contributed by atoms with Crippen LogP contribution in [0.15, 0.2) is 36.7 Å². The molecule has 0 radical (unpaired) electrons. The first-order valence-corrected chi connectivity index (χ1v) is 5.77. The normalized spacial score (nSPS) is 10.5. The van der Waals surface area contributed by atoms with Crippen LogP contribution < -0.4 is 5.32 Å². The molecule has 0 aliphatic rings. The number of para-hydroxylation sites is 1. The first-order chi connectivity index (χ1) is 8.35. The van der Waals surface area contributed by atoms with Crippen molar-refractivity contribution < 1.29 is 5.11 Å². The minimum absolute atomic E-state index is 0.0470. The molecule has 2 rings (SSSR count). The summed E-state index contributed by atoms with van der Waals surface area (Å²) < 4.78 is 2.09. The maximum atomic E-state index is 9.22. The Hall–Kier alpha value is -1.81. The lowest BCUT2D eigenvalue weighted by Crippen LogP contribution is -2.08. The van der Waals surface area contributed by atoms with E-state index in [0.29, 0.717) is 6.54 Å². The number of imidazole rings is 1. The molecular formula is C13H17N3O. The summed E-state index contributed by atoms with van der Waals surface area (Å²) in [5, 5.41) is 12.5. The Balaban J connectivity index is 2.07. The number of aryl methyl sites for hydroxylation is 1. The van der Waals surface area contributed by atoms with Crippen LogP contribution in [0.25, 0.3) is 0 Å². The predicted octanol–water partition coefficient (Wildman–Crippen LogP) is 2.01. The van der Waals surface area contributed by atoms with Gasteiger partial charge in [0.1, 0.15) is 5.82 Å². The van der Waals surface area contributed by atoms with Gasteiger partial charge in [0.25, 0.3) is 0 Å². The van der Waals surface area contributed by atoms with Gasteiger partial charge >= 0.3 is 0 Å². The lowest BCUT2D eigenvalue weighted by molar-refractivity contribution is 0.282. The van der Waals surface area contributed by atoms with Gasteiger partial charge in [-0.1, -0.05) is 18.2 Å². The number of benzene rings is 1. The summed E-state index contributed by atoms with van der Waals surface area (Å²) >= 11 is 0. The van der Waals surface area contributed by atoms with Gasteiger partial charge in [-0.2, -0.15) is 0 Å². The smallest absolute Gasteiger partial charge is 0.128 e. The van der Waals surface area contributed by atoms with Gasteiger partial charge in [0, 0.05) is 30.2 Å². The third-order valence-corrected chi connectivity index (χ3v) is 2.77. The van der Waals surface area contributed by atoms with Crippen LogP contribution >= 0.6 is 0 Å². The van der Waals surface area contributed by atoms with Crippen molar-refractivity contribution >= 4 is 5.69 Å².